The van der Waals surface area contributed by atoms with E-state index >= 15 is 0 Å². The molecule has 5 heteroatoms. The standard InChI is InChI=1S/C8H9ClF2N2/c9-5-1-2-6(12)8(7(5)11)13-4-3-10/h1-2,13H,3-4,12H2. The van der Waals surface area contributed by atoms with Crippen LogP contribution in [0.15, 0.2) is 12.1 Å². The summed E-state index contributed by atoms with van der Waals surface area (Å²) in [6.07, 6.45) is 0. The van der Waals surface area contributed by atoms with Crippen molar-refractivity contribution in [2.45, 2.75) is 0 Å². The lowest BCUT2D eigenvalue weighted by molar-refractivity contribution is 0.511. The number of hydrogen-bond donors (Lipinski definition) is 2. The molecular weight excluding hydrogens is 198 g/mol. The number of benzene rings is 1. The maximum absolute atomic E-state index is 13.2. The molecule has 0 spiro atoms. The van der Waals surface area contributed by atoms with Crippen LogP contribution in [0.1, 0.15) is 0 Å². The molecule has 0 aliphatic carbocycles. The van der Waals surface area contributed by atoms with Crippen molar-refractivity contribution < 1.29 is 8.78 Å². The van der Waals surface area contributed by atoms with E-state index in [0.29, 0.717) is 0 Å². The molecule has 0 heterocycles. The second-order valence-corrected chi connectivity index (χ2v) is 2.85. The number of nitrogen functional groups attached to an aromatic ring is 1. The Kier molecular flexibility index (Phi) is 3.31. The Balaban J connectivity index is 2.96. The van der Waals surface area contributed by atoms with Crippen molar-refractivity contribution in [3.8, 4) is 0 Å². The average molecular weight is 207 g/mol. The number of hydrogen-bond acceptors (Lipinski definition) is 2. The van der Waals surface area contributed by atoms with Crippen molar-refractivity contribution in [2.24, 2.45) is 0 Å². The molecule has 0 fully saturated rings. The van der Waals surface area contributed by atoms with Gasteiger partial charge in [0.1, 0.15) is 6.67 Å². The SMILES string of the molecule is Nc1ccc(Cl)c(F)c1NCCF. The summed E-state index contributed by atoms with van der Waals surface area (Å²) in [6.45, 7) is -0.577. The fraction of sp³-hybridized carbons (Fsp3) is 0.250. The summed E-state index contributed by atoms with van der Waals surface area (Å²) in [7, 11) is 0. The molecule has 2 nitrogen and oxygen atoms in total. The monoisotopic (exact) mass is 206 g/mol. The van der Waals surface area contributed by atoms with Crippen LogP contribution in [-0.2, 0) is 0 Å². The Bertz CT molecular complexity index is 304. The van der Waals surface area contributed by atoms with Crippen LogP contribution >= 0.6 is 11.6 Å². The Hall–Kier alpha value is -1.03. The van der Waals surface area contributed by atoms with E-state index < -0.39 is 12.5 Å². The third-order valence-electron chi connectivity index (χ3n) is 1.52. The van der Waals surface area contributed by atoms with Gasteiger partial charge in [-0.15, -0.1) is 0 Å². The second kappa shape index (κ2) is 4.28. The van der Waals surface area contributed by atoms with Crippen LogP contribution in [0.5, 0.6) is 0 Å². The summed E-state index contributed by atoms with van der Waals surface area (Å²) in [5.74, 6) is -0.643. The quantitative estimate of drug-likeness (QED) is 0.746. The molecule has 1 aromatic rings. The van der Waals surface area contributed by atoms with Crippen LogP contribution in [0.2, 0.25) is 5.02 Å². The lowest BCUT2D eigenvalue weighted by Crippen LogP contribution is -2.07. The fourth-order valence-electron chi connectivity index (χ4n) is 0.917. The van der Waals surface area contributed by atoms with Gasteiger partial charge in [0.2, 0.25) is 0 Å². The van der Waals surface area contributed by atoms with Crippen LogP contribution in [0, 0.1) is 5.82 Å². The van der Waals surface area contributed by atoms with Gasteiger partial charge < -0.3 is 11.1 Å². The molecule has 0 saturated carbocycles. The molecule has 1 aromatic carbocycles. The summed E-state index contributed by atoms with van der Waals surface area (Å²) in [5, 5.41) is 2.48. The number of alkyl halides is 1. The van der Waals surface area contributed by atoms with Crippen LogP contribution in [0.25, 0.3) is 0 Å². The number of anilines is 2. The minimum atomic E-state index is -0.643. The molecule has 0 amide bonds. The van der Waals surface area contributed by atoms with Gasteiger partial charge in [-0.2, -0.15) is 0 Å². The van der Waals surface area contributed by atoms with Crippen molar-refractivity contribution in [3.05, 3.63) is 23.0 Å². The summed E-state index contributed by atoms with van der Waals surface area (Å²) in [5.41, 5.74) is 5.73. The van der Waals surface area contributed by atoms with Gasteiger partial charge in [0.25, 0.3) is 0 Å². The molecule has 0 atom stereocenters. The predicted octanol–water partition coefficient (Wildman–Crippen LogP) is 2.44. The molecule has 13 heavy (non-hydrogen) atoms. The first-order valence-corrected chi connectivity index (χ1v) is 4.08. The van der Waals surface area contributed by atoms with Gasteiger partial charge in [-0.1, -0.05) is 11.6 Å². The summed E-state index contributed by atoms with van der Waals surface area (Å²) in [6, 6.07) is 2.82. The highest BCUT2D eigenvalue weighted by molar-refractivity contribution is 6.31. The van der Waals surface area contributed by atoms with E-state index in [4.69, 9.17) is 17.3 Å². The lowest BCUT2D eigenvalue weighted by Gasteiger charge is -2.09. The predicted molar refractivity (Wildman–Crippen MR) is 50.3 cm³/mol. The van der Waals surface area contributed by atoms with Crippen molar-refractivity contribution >= 4 is 23.0 Å². The zero-order valence-electron chi connectivity index (χ0n) is 6.78. The van der Waals surface area contributed by atoms with Crippen molar-refractivity contribution in [2.75, 3.05) is 24.3 Å². The summed E-state index contributed by atoms with van der Waals surface area (Å²) < 4.78 is 25.0. The average Bonchev–Trinajstić information content (AvgIpc) is 2.12. The minimum absolute atomic E-state index is 0.0153. The van der Waals surface area contributed by atoms with E-state index in [-0.39, 0.29) is 22.9 Å². The Labute approximate surface area is 79.7 Å². The van der Waals surface area contributed by atoms with E-state index in [1.54, 1.807) is 0 Å². The highest BCUT2D eigenvalue weighted by Gasteiger charge is 2.09. The number of nitrogens with one attached hydrogen (secondary N) is 1. The zero-order chi connectivity index (χ0) is 9.84. The highest BCUT2D eigenvalue weighted by atomic mass is 35.5. The minimum Gasteiger partial charge on any atom is -0.397 e. The van der Waals surface area contributed by atoms with E-state index in [0.717, 1.165) is 0 Å². The van der Waals surface area contributed by atoms with Crippen LogP contribution in [0.3, 0.4) is 0 Å². The summed E-state index contributed by atoms with van der Waals surface area (Å²) in [4.78, 5) is 0. The lowest BCUT2D eigenvalue weighted by atomic mass is 10.2. The molecule has 0 aliphatic rings. The Morgan fingerprint density at radius 3 is 2.77 bits per heavy atom. The van der Waals surface area contributed by atoms with Crippen LogP contribution in [0.4, 0.5) is 20.2 Å². The normalized spacial score (nSPS) is 10.1. The Morgan fingerprint density at radius 1 is 1.46 bits per heavy atom. The third kappa shape index (κ3) is 2.21. The van der Waals surface area contributed by atoms with Crippen LogP contribution < -0.4 is 11.1 Å². The number of nitrogens with two attached hydrogens (primary N) is 1. The molecule has 3 N–H and O–H groups in total. The van der Waals surface area contributed by atoms with Gasteiger partial charge in [0.15, 0.2) is 5.82 Å². The van der Waals surface area contributed by atoms with Crippen LogP contribution in [-0.4, -0.2) is 13.2 Å². The summed E-state index contributed by atoms with van der Waals surface area (Å²) >= 11 is 5.50. The number of rotatable bonds is 3. The van der Waals surface area contributed by atoms with E-state index in [2.05, 4.69) is 5.32 Å². The van der Waals surface area contributed by atoms with Gasteiger partial charge >= 0.3 is 0 Å². The van der Waals surface area contributed by atoms with Gasteiger partial charge in [0, 0.05) is 6.54 Å². The molecule has 0 aromatic heterocycles. The molecule has 0 bridgehead atoms. The molecule has 72 valence electrons. The first kappa shape index (κ1) is 10.1. The zero-order valence-corrected chi connectivity index (χ0v) is 7.54. The molecule has 1 rings (SSSR count). The first-order valence-electron chi connectivity index (χ1n) is 3.70. The van der Waals surface area contributed by atoms with Gasteiger partial charge in [-0.3, -0.25) is 0 Å². The maximum Gasteiger partial charge on any atom is 0.166 e. The molecule has 0 radical (unpaired) electrons. The second-order valence-electron chi connectivity index (χ2n) is 2.44. The van der Waals surface area contributed by atoms with Crippen molar-refractivity contribution in [1.82, 2.24) is 0 Å². The highest BCUT2D eigenvalue weighted by Crippen LogP contribution is 2.27. The number of halogens is 3. The molecule has 0 saturated heterocycles. The van der Waals surface area contributed by atoms with Gasteiger partial charge in [0.05, 0.1) is 16.4 Å². The fourth-order valence-corrected chi connectivity index (χ4v) is 1.07. The van der Waals surface area contributed by atoms with E-state index in [1.807, 2.05) is 0 Å². The molecular formula is C8H9ClF2N2. The Morgan fingerprint density at radius 2 is 2.15 bits per heavy atom. The third-order valence-corrected chi connectivity index (χ3v) is 1.82. The first-order chi connectivity index (χ1) is 6.16. The van der Waals surface area contributed by atoms with Gasteiger partial charge in [-0.05, 0) is 12.1 Å². The maximum atomic E-state index is 13.2. The smallest absolute Gasteiger partial charge is 0.166 e. The van der Waals surface area contributed by atoms with Gasteiger partial charge in [-0.25, -0.2) is 8.78 Å². The van der Waals surface area contributed by atoms with E-state index in [9.17, 15) is 8.78 Å². The van der Waals surface area contributed by atoms with Crippen molar-refractivity contribution in [1.29, 1.82) is 0 Å². The van der Waals surface area contributed by atoms with E-state index in [1.165, 1.54) is 12.1 Å². The topological polar surface area (TPSA) is 38.0 Å². The van der Waals surface area contributed by atoms with Crippen molar-refractivity contribution in [3.63, 3.8) is 0 Å². The molecule has 0 unspecified atom stereocenters. The molecule has 0 aliphatic heterocycles. The largest absolute Gasteiger partial charge is 0.397 e.